The molecule has 0 spiro atoms. The molecule has 0 aliphatic heterocycles. The van der Waals surface area contributed by atoms with Crippen LogP contribution in [0.1, 0.15) is 32.6 Å². The Morgan fingerprint density at radius 2 is 1.07 bits per heavy atom. The van der Waals surface area contributed by atoms with Crippen molar-refractivity contribution < 1.29 is 0 Å². The fourth-order valence-electron chi connectivity index (χ4n) is 1.05. The van der Waals surface area contributed by atoms with Gasteiger partial charge in [0, 0.05) is 0 Å². The molecule has 0 aromatic carbocycles. The molecule has 0 aromatic heterocycles. The Kier molecular flexibility index (Phi) is 11.6. The highest BCUT2D eigenvalue weighted by Gasteiger charge is 1.73. The fourth-order valence-corrected chi connectivity index (χ4v) is 1.05. The first-order valence-electron chi connectivity index (χ1n) is 5.58. The highest BCUT2D eigenvalue weighted by molar-refractivity contribution is 4.99. The van der Waals surface area contributed by atoms with E-state index in [0.717, 1.165) is 25.7 Å². The monoisotopic (exact) mass is 202 g/mol. The molecule has 0 heterocycles. The third-order valence-corrected chi connectivity index (χ3v) is 1.85. The van der Waals surface area contributed by atoms with Gasteiger partial charge in [-0.3, -0.25) is 0 Å². The van der Waals surface area contributed by atoms with E-state index in [4.69, 9.17) is 0 Å². The lowest BCUT2D eigenvalue weighted by Crippen LogP contribution is -1.63. The fraction of sp³-hybridized carbons (Fsp3) is 0.333. The second-order valence-electron chi connectivity index (χ2n) is 3.21. The van der Waals surface area contributed by atoms with E-state index in [1.807, 2.05) is 13.0 Å². The van der Waals surface area contributed by atoms with Gasteiger partial charge in [-0.15, -0.1) is 6.58 Å². The summed E-state index contributed by atoms with van der Waals surface area (Å²) in [6, 6.07) is 0. The van der Waals surface area contributed by atoms with Crippen molar-refractivity contribution >= 4 is 0 Å². The van der Waals surface area contributed by atoms with Crippen LogP contribution >= 0.6 is 0 Å². The Hall–Kier alpha value is -1.30. The molecule has 0 rings (SSSR count). The number of hydrogen-bond acceptors (Lipinski definition) is 0. The van der Waals surface area contributed by atoms with Crippen LogP contribution in [0.25, 0.3) is 0 Å². The summed E-state index contributed by atoms with van der Waals surface area (Å²) in [5, 5.41) is 0. The zero-order chi connectivity index (χ0) is 11.2. The van der Waals surface area contributed by atoms with Crippen LogP contribution in [0.3, 0.4) is 0 Å². The normalized spacial score (nSPS) is 12.6. The average Bonchev–Trinajstić information content (AvgIpc) is 2.26. The Morgan fingerprint density at radius 3 is 1.47 bits per heavy atom. The third kappa shape index (κ3) is 12.7. The first-order valence-corrected chi connectivity index (χ1v) is 5.58. The zero-order valence-electron chi connectivity index (χ0n) is 9.73. The van der Waals surface area contributed by atoms with Gasteiger partial charge in [0.05, 0.1) is 0 Å². The minimum Gasteiger partial charge on any atom is -0.103 e. The van der Waals surface area contributed by atoms with Crippen LogP contribution in [-0.4, -0.2) is 0 Å². The van der Waals surface area contributed by atoms with Gasteiger partial charge in [0.15, 0.2) is 0 Å². The van der Waals surface area contributed by atoms with Gasteiger partial charge in [0.2, 0.25) is 0 Å². The van der Waals surface area contributed by atoms with Crippen molar-refractivity contribution in [3.8, 4) is 0 Å². The van der Waals surface area contributed by atoms with Gasteiger partial charge in [0.1, 0.15) is 0 Å². The van der Waals surface area contributed by atoms with E-state index in [1.54, 1.807) is 0 Å². The Bertz CT molecular complexity index is 239. The standard InChI is InChI=1S/C15H22/c1-3-5-7-9-11-13-15-14-12-10-8-6-4-2/h3-4,6-7,9-10,12-13,15H,1,5,8,11,14H2,2H3. The maximum Gasteiger partial charge on any atom is -0.0169 e. The lowest BCUT2D eigenvalue weighted by Gasteiger charge is -1.84. The van der Waals surface area contributed by atoms with Crippen molar-refractivity contribution in [2.24, 2.45) is 0 Å². The third-order valence-electron chi connectivity index (χ3n) is 1.85. The molecule has 0 fully saturated rings. The van der Waals surface area contributed by atoms with Crippen molar-refractivity contribution in [1.82, 2.24) is 0 Å². The molecule has 0 amide bonds. The molecule has 0 radical (unpaired) electrons. The van der Waals surface area contributed by atoms with Gasteiger partial charge >= 0.3 is 0 Å². The van der Waals surface area contributed by atoms with Gasteiger partial charge in [-0.2, -0.15) is 0 Å². The van der Waals surface area contributed by atoms with Crippen LogP contribution in [0.5, 0.6) is 0 Å². The second-order valence-corrected chi connectivity index (χ2v) is 3.21. The van der Waals surface area contributed by atoms with Crippen molar-refractivity contribution in [2.75, 3.05) is 0 Å². The van der Waals surface area contributed by atoms with E-state index >= 15 is 0 Å². The molecule has 0 saturated heterocycles. The predicted molar refractivity (Wildman–Crippen MR) is 70.9 cm³/mol. The van der Waals surface area contributed by atoms with Crippen LogP contribution in [0, 0.1) is 0 Å². The summed E-state index contributed by atoms with van der Waals surface area (Å²) in [7, 11) is 0. The van der Waals surface area contributed by atoms with E-state index in [9.17, 15) is 0 Å². The molecule has 15 heavy (non-hydrogen) atoms. The highest BCUT2D eigenvalue weighted by Crippen LogP contribution is 1.94. The highest BCUT2D eigenvalue weighted by atomic mass is 13.8. The molecule has 0 aromatic rings. The molecule has 0 N–H and O–H groups in total. The van der Waals surface area contributed by atoms with Crippen molar-refractivity contribution in [3.05, 3.63) is 61.3 Å². The maximum absolute atomic E-state index is 3.66. The van der Waals surface area contributed by atoms with Gasteiger partial charge in [0.25, 0.3) is 0 Å². The lowest BCUT2D eigenvalue weighted by atomic mass is 10.2. The van der Waals surface area contributed by atoms with Gasteiger partial charge in [-0.05, 0) is 32.6 Å². The van der Waals surface area contributed by atoms with E-state index in [2.05, 4.69) is 55.2 Å². The molecule has 0 heteroatoms. The Morgan fingerprint density at radius 1 is 0.667 bits per heavy atom. The zero-order valence-corrected chi connectivity index (χ0v) is 9.73. The van der Waals surface area contributed by atoms with E-state index < -0.39 is 0 Å². The summed E-state index contributed by atoms with van der Waals surface area (Å²) in [5.41, 5.74) is 0. The van der Waals surface area contributed by atoms with E-state index in [-0.39, 0.29) is 0 Å². The summed E-state index contributed by atoms with van der Waals surface area (Å²) in [6.45, 7) is 5.70. The van der Waals surface area contributed by atoms with Crippen LogP contribution in [-0.2, 0) is 0 Å². The van der Waals surface area contributed by atoms with Crippen molar-refractivity contribution in [1.29, 1.82) is 0 Å². The number of hydrogen-bond donors (Lipinski definition) is 0. The molecule has 0 bridgehead atoms. The molecular weight excluding hydrogens is 180 g/mol. The Balaban J connectivity index is 3.38. The minimum atomic E-state index is 0.969. The quantitative estimate of drug-likeness (QED) is 0.487. The van der Waals surface area contributed by atoms with Crippen LogP contribution in [0.4, 0.5) is 0 Å². The molecule has 0 aliphatic carbocycles. The van der Waals surface area contributed by atoms with Crippen LogP contribution < -0.4 is 0 Å². The number of allylic oxidation sites excluding steroid dienone is 9. The topological polar surface area (TPSA) is 0 Å². The minimum absolute atomic E-state index is 0.969. The first kappa shape index (κ1) is 13.7. The van der Waals surface area contributed by atoms with Gasteiger partial charge < -0.3 is 0 Å². The lowest BCUT2D eigenvalue weighted by molar-refractivity contribution is 1.26. The molecule has 0 aliphatic rings. The van der Waals surface area contributed by atoms with Crippen molar-refractivity contribution in [3.63, 3.8) is 0 Å². The summed E-state index contributed by atoms with van der Waals surface area (Å²) in [6.07, 6.45) is 23.3. The summed E-state index contributed by atoms with van der Waals surface area (Å²) < 4.78 is 0. The second kappa shape index (κ2) is 12.7. The van der Waals surface area contributed by atoms with Gasteiger partial charge in [-0.25, -0.2) is 0 Å². The smallest absolute Gasteiger partial charge is 0.0169 e. The van der Waals surface area contributed by atoms with Crippen LogP contribution in [0.2, 0.25) is 0 Å². The number of rotatable bonds is 8. The predicted octanol–water partition coefficient (Wildman–Crippen LogP) is 4.98. The van der Waals surface area contributed by atoms with E-state index in [1.165, 1.54) is 0 Å². The van der Waals surface area contributed by atoms with Crippen LogP contribution in [0.15, 0.2) is 61.3 Å². The molecule has 0 unspecified atom stereocenters. The van der Waals surface area contributed by atoms with Crippen molar-refractivity contribution in [2.45, 2.75) is 32.6 Å². The SMILES string of the molecule is C=CCC=CCC=CCC=CCC=CC. The summed E-state index contributed by atoms with van der Waals surface area (Å²) in [4.78, 5) is 0. The average molecular weight is 202 g/mol. The maximum atomic E-state index is 3.66. The molecule has 0 nitrogen and oxygen atoms in total. The molecule has 0 atom stereocenters. The molecule has 0 saturated carbocycles. The largest absolute Gasteiger partial charge is 0.103 e. The molecule has 82 valence electrons. The molecular formula is C15H22. The Labute approximate surface area is 94.4 Å². The van der Waals surface area contributed by atoms with Gasteiger partial charge in [-0.1, -0.05) is 54.7 Å². The first-order chi connectivity index (χ1) is 7.41. The summed E-state index contributed by atoms with van der Waals surface area (Å²) in [5.74, 6) is 0. The summed E-state index contributed by atoms with van der Waals surface area (Å²) >= 11 is 0. The van der Waals surface area contributed by atoms with E-state index in [0.29, 0.717) is 0 Å².